The predicted molar refractivity (Wildman–Crippen MR) is 118 cm³/mol. The maximum atomic E-state index is 4.87. The third-order valence-corrected chi connectivity index (χ3v) is 7.07. The van der Waals surface area contributed by atoms with Crippen LogP contribution in [-0.2, 0) is 0 Å². The number of aromatic amines is 1. The molecule has 4 aromatic rings. The molecular weight excluding hydrogens is 440 g/mol. The molecule has 27 heavy (non-hydrogen) atoms. The standard InChI is InChI=1S/C20H17BrN4S2/c1-12-15(14-4-2-3-5-16(14)23-12)10-22-25-17(18-8-9-19(21)27-18)11-26-20(25)24-13-6-7-13/h2-5,8-11,13,23H,6-7H2,1H3/b22-10-,24-20?. The molecule has 3 heterocycles. The molecule has 0 saturated heterocycles. The first kappa shape index (κ1) is 17.2. The Kier molecular flexibility index (Phi) is 4.38. The van der Waals surface area contributed by atoms with E-state index in [1.807, 2.05) is 17.0 Å². The van der Waals surface area contributed by atoms with Gasteiger partial charge in [-0.25, -0.2) is 4.68 Å². The third-order valence-electron chi connectivity index (χ3n) is 4.60. The molecule has 0 unspecified atom stereocenters. The minimum Gasteiger partial charge on any atom is -0.358 e. The lowest BCUT2D eigenvalue weighted by molar-refractivity contribution is 0.824. The summed E-state index contributed by atoms with van der Waals surface area (Å²) < 4.78 is 3.11. The van der Waals surface area contributed by atoms with Gasteiger partial charge in [0.2, 0.25) is 4.80 Å². The Balaban J connectivity index is 1.64. The van der Waals surface area contributed by atoms with E-state index in [1.54, 1.807) is 22.7 Å². The number of halogens is 1. The van der Waals surface area contributed by atoms with Crippen LogP contribution >= 0.6 is 38.6 Å². The molecule has 0 bridgehead atoms. The van der Waals surface area contributed by atoms with Gasteiger partial charge in [0.15, 0.2) is 0 Å². The Bertz CT molecular complexity index is 1220. The van der Waals surface area contributed by atoms with Gasteiger partial charge in [0.1, 0.15) is 0 Å². The van der Waals surface area contributed by atoms with Gasteiger partial charge in [-0.05, 0) is 53.9 Å². The van der Waals surface area contributed by atoms with Crippen LogP contribution in [0.15, 0.2) is 55.7 Å². The summed E-state index contributed by atoms with van der Waals surface area (Å²) in [4.78, 5) is 10.4. The number of aromatic nitrogens is 2. The molecule has 3 aromatic heterocycles. The topological polar surface area (TPSA) is 45.4 Å². The molecule has 1 fully saturated rings. The Hall–Kier alpha value is -1.96. The maximum Gasteiger partial charge on any atom is 0.206 e. The summed E-state index contributed by atoms with van der Waals surface area (Å²) in [5, 5.41) is 8.21. The Morgan fingerprint density at radius 2 is 2.07 bits per heavy atom. The van der Waals surface area contributed by atoms with Gasteiger partial charge in [0.25, 0.3) is 0 Å². The van der Waals surface area contributed by atoms with Crippen molar-refractivity contribution in [3.63, 3.8) is 0 Å². The van der Waals surface area contributed by atoms with E-state index in [9.17, 15) is 0 Å². The molecule has 0 spiro atoms. The van der Waals surface area contributed by atoms with E-state index in [4.69, 9.17) is 10.1 Å². The largest absolute Gasteiger partial charge is 0.358 e. The van der Waals surface area contributed by atoms with Crippen molar-refractivity contribution < 1.29 is 0 Å². The number of fused-ring (bicyclic) bond motifs is 1. The number of H-pyrrole nitrogens is 1. The van der Waals surface area contributed by atoms with Gasteiger partial charge in [-0.2, -0.15) is 5.10 Å². The van der Waals surface area contributed by atoms with Crippen LogP contribution in [0.4, 0.5) is 0 Å². The third kappa shape index (κ3) is 3.35. The van der Waals surface area contributed by atoms with Gasteiger partial charge in [-0.15, -0.1) is 22.7 Å². The van der Waals surface area contributed by atoms with E-state index in [0.717, 1.165) is 31.1 Å². The average Bonchev–Trinajstić information content (AvgIpc) is 3.08. The minimum absolute atomic E-state index is 0.461. The first-order chi connectivity index (χ1) is 13.2. The van der Waals surface area contributed by atoms with Crippen molar-refractivity contribution in [1.82, 2.24) is 9.66 Å². The van der Waals surface area contributed by atoms with E-state index < -0.39 is 0 Å². The molecule has 1 aliphatic rings. The van der Waals surface area contributed by atoms with Crippen molar-refractivity contribution in [1.29, 1.82) is 0 Å². The van der Waals surface area contributed by atoms with Crippen LogP contribution in [0, 0.1) is 6.92 Å². The molecular formula is C20H17BrN4S2. The van der Waals surface area contributed by atoms with Crippen LogP contribution in [-0.4, -0.2) is 21.9 Å². The normalized spacial score (nSPS) is 15.4. The van der Waals surface area contributed by atoms with Crippen LogP contribution in [0.2, 0.25) is 0 Å². The zero-order valence-corrected chi connectivity index (χ0v) is 17.9. The van der Waals surface area contributed by atoms with Crippen LogP contribution in [0.25, 0.3) is 21.5 Å². The van der Waals surface area contributed by atoms with Crippen LogP contribution in [0.5, 0.6) is 0 Å². The van der Waals surface area contributed by atoms with Crippen molar-refractivity contribution >= 4 is 55.7 Å². The summed E-state index contributed by atoms with van der Waals surface area (Å²) >= 11 is 6.94. The molecule has 0 atom stereocenters. The molecule has 0 radical (unpaired) electrons. The summed E-state index contributed by atoms with van der Waals surface area (Å²) in [6.07, 6.45) is 4.32. The summed E-state index contributed by atoms with van der Waals surface area (Å²) in [7, 11) is 0. The van der Waals surface area contributed by atoms with E-state index in [0.29, 0.717) is 6.04 Å². The van der Waals surface area contributed by atoms with E-state index in [2.05, 4.69) is 63.5 Å². The molecule has 7 heteroatoms. The molecule has 0 aliphatic heterocycles. The van der Waals surface area contributed by atoms with Crippen molar-refractivity contribution in [2.45, 2.75) is 25.8 Å². The number of hydrogen-bond donors (Lipinski definition) is 1. The fourth-order valence-electron chi connectivity index (χ4n) is 3.06. The van der Waals surface area contributed by atoms with Crippen LogP contribution in [0.1, 0.15) is 24.1 Å². The van der Waals surface area contributed by atoms with Crippen LogP contribution < -0.4 is 4.80 Å². The molecule has 1 aromatic carbocycles. The number of rotatable bonds is 4. The molecule has 136 valence electrons. The number of nitrogens with zero attached hydrogens (tertiary/aromatic N) is 3. The van der Waals surface area contributed by atoms with E-state index >= 15 is 0 Å². The predicted octanol–water partition coefficient (Wildman–Crippen LogP) is 5.78. The van der Waals surface area contributed by atoms with Gasteiger partial charge in [-0.1, -0.05) is 18.2 Å². The van der Waals surface area contributed by atoms with Crippen molar-refractivity contribution in [3.8, 4) is 10.6 Å². The fourth-order valence-corrected chi connectivity index (χ4v) is 5.42. The number of nitrogens with one attached hydrogen (secondary N) is 1. The fraction of sp³-hybridized carbons (Fsp3) is 0.200. The molecule has 1 aliphatic carbocycles. The summed E-state index contributed by atoms with van der Waals surface area (Å²) in [6, 6.07) is 13.0. The second-order valence-corrected chi connectivity index (χ2v) is 9.93. The number of thiophene rings is 1. The molecule has 1 saturated carbocycles. The first-order valence-electron chi connectivity index (χ1n) is 8.81. The molecule has 5 rings (SSSR count). The zero-order chi connectivity index (χ0) is 18.4. The molecule has 1 N–H and O–H groups in total. The minimum atomic E-state index is 0.461. The lowest BCUT2D eigenvalue weighted by atomic mass is 10.1. The highest BCUT2D eigenvalue weighted by molar-refractivity contribution is 9.11. The first-order valence-corrected chi connectivity index (χ1v) is 11.3. The van der Waals surface area contributed by atoms with E-state index in [-0.39, 0.29) is 0 Å². The number of hydrogen-bond acceptors (Lipinski definition) is 4. The average molecular weight is 457 g/mol. The number of thiazole rings is 1. The highest BCUT2D eigenvalue weighted by Gasteiger charge is 2.21. The number of benzene rings is 1. The lowest BCUT2D eigenvalue weighted by Gasteiger charge is -2.01. The van der Waals surface area contributed by atoms with Crippen molar-refractivity contribution in [3.05, 3.63) is 61.6 Å². The van der Waals surface area contributed by atoms with Gasteiger partial charge in [0.05, 0.1) is 26.6 Å². The lowest BCUT2D eigenvalue weighted by Crippen LogP contribution is -2.12. The summed E-state index contributed by atoms with van der Waals surface area (Å²) in [5.74, 6) is 0. The maximum absolute atomic E-state index is 4.87. The van der Waals surface area contributed by atoms with Crippen molar-refractivity contribution in [2.24, 2.45) is 10.1 Å². The highest BCUT2D eigenvalue weighted by Crippen LogP contribution is 2.32. The molecule has 4 nitrogen and oxygen atoms in total. The Morgan fingerprint density at radius 3 is 2.85 bits per heavy atom. The van der Waals surface area contributed by atoms with Crippen molar-refractivity contribution in [2.75, 3.05) is 0 Å². The Morgan fingerprint density at radius 1 is 1.22 bits per heavy atom. The summed E-state index contributed by atoms with van der Waals surface area (Å²) in [6.45, 7) is 2.09. The summed E-state index contributed by atoms with van der Waals surface area (Å²) in [5.41, 5.74) is 4.47. The number of aryl methyl sites for hydroxylation is 1. The van der Waals surface area contributed by atoms with Gasteiger partial charge >= 0.3 is 0 Å². The van der Waals surface area contributed by atoms with Gasteiger partial charge in [0, 0.05) is 27.5 Å². The van der Waals surface area contributed by atoms with E-state index in [1.165, 1.54) is 23.1 Å². The SMILES string of the molecule is Cc1[nH]c2ccccc2c1/C=N\n1c(-c2ccc(Br)s2)csc1=NC1CC1. The van der Waals surface area contributed by atoms with Crippen LogP contribution in [0.3, 0.4) is 0 Å². The molecule has 0 amide bonds. The van der Waals surface area contributed by atoms with Gasteiger partial charge in [-0.3, -0.25) is 4.99 Å². The monoisotopic (exact) mass is 456 g/mol. The Labute approximate surface area is 173 Å². The quantitative estimate of drug-likeness (QED) is 0.378. The zero-order valence-electron chi connectivity index (χ0n) is 14.6. The smallest absolute Gasteiger partial charge is 0.206 e. The second-order valence-electron chi connectivity index (χ2n) is 6.63. The number of para-hydroxylation sites is 1. The van der Waals surface area contributed by atoms with Gasteiger partial charge < -0.3 is 4.98 Å². The highest BCUT2D eigenvalue weighted by atomic mass is 79.9. The second kappa shape index (κ2) is 6.89.